The first-order chi connectivity index (χ1) is 17.9. The number of H-pyrrole nitrogens is 1. The van der Waals surface area contributed by atoms with Crippen molar-refractivity contribution in [3.05, 3.63) is 117 Å². The summed E-state index contributed by atoms with van der Waals surface area (Å²) in [5, 5.41) is 17.8. The highest BCUT2D eigenvalue weighted by Gasteiger charge is 2.28. The Kier molecular flexibility index (Phi) is 6.97. The van der Waals surface area contributed by atoms with Gasteiger partial charge in [0.25, 0.3) is 5.56 Å². The summed E-state index contributed by atoms with van der Waals surface area (Å²) in [7, 11) is 0. The van der Waals surface area contributed by atoms with Gasteiger partial charge in [-0.15, -0.1) is 0 Å². The van der Waals surface area contributed by atoms with E-state index in [0.717, 1.165) is 34.0 Å². The zero-order chi connectivity index (χ0) is 25.9. The molecule has 5 nitrogen and oxygen atoms in total. The molecule has 1 unspecified atom stereocenters. The lowest BCUT2D eigenvalue weighted by atomic mass is 9.94. The van der Waals surface area contributed by atoms with Gasteiger partial charge in [-0.1, -0.05) is 79.5 Å². The summed E-state index contributed by atoms with van der Waals surface area (Å²) in [6.07, 6.45) is 1.88. The number of fused-ring (bicyclic) bond motifs is 2. The molecule has 1 heterocycles. The number of hydrogen-bond acceptors (Lipinski definition) is 4. The second kappa shape index (κ2) is 10.5. The van der Waals surface area contributed by atoms with Crippen molar-refractivity contribution < 1.29 is 9.90 Å². The van der Waals surface area contributed by atoms with E-state index in [9.17, 15) is 14.7 Å². The Hall–Kier alpha value is -4.09. The van der Waals surface area contributed by atoms with Gasteiger partial charge in [-0.25, -0.2) is 0 Å². The first-order valence-electron chi connectivity index (χ1n) is 12.4. The van der Waals surface area contributed by atoms with Crippen LogP contribution in [0.1, 0.15) is 34.8 Å². The van der Waals surface area contributed by atoms with Gasteiger partial charge in [-0.05, 0) is 58.7 Å². The molecule has 5 rings (SSSR count). The molecule has 0 aliphatic rings. The van der Waals surface area contributed by atoms with Crippen molar-refractivity contribution in [2.45, 2.75) is 32.2 Å². The molecular weight excluding hydrogens is 484 g/mol. The third-order valence-electron chi connectivity index (χ3n) is 6.63. The predicted molar refractivity (Wildman–Crippen MR) is 151 cm³/mol. The maximum Gasteiger partial charge on any atom is 0.263 e. The van der Waals surface area contributed by atoms with Crippen molar-refractivity contribution in [1.29, 1.82) is 0 Å². The third kappa shape index (κ3) is 5.09. The molecule has 0 radical (unpaired) electrons. The molecule has 0 saturated carbocycles. The Morgan fingerprint density at radius 1 is 0.973 bits per heavy atom. The van der Waals surface area contributed by atoms with Crippen LogP contribution < -0.4 is 10.9 Å². The molecule has 1 atom stereocenters. The van der Waals surface area contributed by atoms with Crippen LogP contribution in [0.15, 0.2) is 89.7 Å². The highest BCUT2D eigenvalue weighted by molar-refractivity contribution is 6.30. The molecule has 0 saturated heterocycles. The molecule has 4 aromatic carbocycles. The monoisotopic (exact) mass is 510 g/mol. The van der Waals surface area contributed by atoms with Gasteiger partial charge in [0.15, 0.2) is 5.78 Å². The van der Waals surface area contributed by atoms with Crippen LogP contribution in [0.3, 0.4) is 0 Å². The predicted octanol–water partition coefficient (Wildman–Crippen LogP) is 6.90. The fraction of sp³-hybridized carbons (Fsp3) is 0.161. The van der Waals surface area contributed by atoms with Crippen molar-refractivity contribution >= 4 is 44.7 Å². The summed E-state index contributed by atoms with van der Waals surface area (Å²) in [4.78, 5) is 29.9. The molecule has 0 fully saturated rings. The number of benzene rings is 4. The van der Waals surface area contributed by atoms with Crippen molar-refractivity contribution in [1.82, 2.24) is 4.98 Å². The van der Waals surface area contributed by atoms with Crippen LogP contribution in [0, 0.1) is 0 Å². The Bertz CT molecular complexity index is 1660. The van der Waals surface area contributed by atoms with Crippen LogP contribution in [0.5, 0.6) is 5.75 Å². The van der Waals surface area contributed by atoms with E-state index in [0.29, 0.717) is 28.8 Å². The second-order valence-corrected chi connectivity index (χ2v) is 9.66. The summed E-state index contributed by atoms with van der Waals surface area (Å²) in [6.45, 7) is 2.04. The maximum atomic E-state index is 14.0. The number of aromatic amines is 1. The number of aryl methyl sites for hydroxylation is 1. The van der Waals surface area contributed by atoms with Crippen molar-refractivity contribution in [2.75, 3.05) is 5.32 Å². The number of Topliss-reactive ketones (excluding diaryl/α,β-unsaturated/α-hetero) is 1. The van der Waals surface area contributed by atoms with Gasteiger partial charge >= 0.3 is 0 Å². The first kappa shape index (κ1) is 24.6. The van der Waals surface area contributed by atoms with Crippen LogP contribution in [0.25, 0.3) is 21.7 Å². The minimum atomic E-state index is -0.801. The van der Waals surface area contributed by atoms with Gasteiger partial charge < -0.3 is 15.4 Å². The highest BCUT2D eigenvalue weighted by atomic mass is 35.5. The lowest BCUT2D eigenvalue weighted by molar-refractivity contribution is 0.0965. The SMILES string of the molecule is CCCc1cccc2[nH]c(=O)c(C(=O)C(Cc3ccc(Cl)cc3)Nc3ccc4ccccc4c3)c(O)c12. The zero-order valence-corrected chi connectivity index (χ0v) is 21.2. The number of ketones is 1. The lowest BCUT2D eigenvalue weighted by Gasteiger charge is -2.20. The number of carbonyl (C=O) groups excluding carboxylic acids is 1. The topological polar surface area (TPSA) is 82.2 Å². The van der Waals surface area contributed by atoms with Crippen LogP contribution in [0.2, 0.25) is 5.02 Å². The van der Waals surface area contributed by atoms with Gasteiger partial charge in [0.05, 0.1) is 11.6 Å². The van der Waals surface area contributed by atoms with Crippen molar-refractivity contribution in [2.24, 2.45) is 0 Å². The Morgan fingerprint density at radius 2 is 1.73 bits per heavy atom. The van der Waals surface area contributed by atoms with E-state index < -0.39 is 17.4 Å². The van der Waals surface area contributed by atoms with E-state index in [2.05, 4.69) is 10.3 Å². The molecule has 186 valence electrons. The fourth-order valence-corrected chi connectivity index (χ4v) is 4.95. The Labute approximate surface area is 219 Å². The molecule has 1 aromatic heterocycles. The van der Waals surface area contributed by atoms with E-state index in [1.165, 1.54) is 0 Å². The van der Waals surface area contributed by atoms with Crippen LogP contribution in [-0.4, -0.2) is 21.9 Å². The highest BCUT2D eigenvalue weighted by Crippen LogP contribution is 2.31. The number of anilines is 1. The molecule has 37 heavy (non-hydrogen) atoms. The summed E-state index contributed by atoms with van der Waals surface area (Å²) in [5.41, 5.74) is 2.18. The van der Waals surface area contributed by atoms with E-state index >= 15 is 0 Å². The minimum absolute atomic E-state index is 0.233. The summed E-state index contributed by atoms with van der Waals surface area (Å²) >= 11 is 6.07. The molecule has 0 spiro atoms. The van der Waals surface area contributed by atoms with Crippen LogP contribution in [0.4, 0.5) is 5.69 Å². The maximum absolute atomic E-state index is 14.0. The Balaban J connectivity index is 1.59. The number of aromatic hydroxyl groups is 1. The van der Waals surface area contributed by atoms with Gasteiger partial charge in [-0.3, -0.25) is 9.59 Å². The van der Waals surface area contributed by atoms with Crippen molar-refractivity contribution in [3.63, 3.8) is 0 Å². The molecule has 5 aromatic rings. The van der Waals surface area contributed by atoms with E-state index in [-0.39, 0.29) is 11.3 Å². The lowest BCUT2D eigenvalue weighted by Crippen LogP contribution is -2.35. The van der Waals surface area contributed by atoms with Gasteiger partial charge in [0.2, 0.25) is 0 Å². The number of aromatic nitrogens is 1. The number of hydrogen-bond donors (Lipinski definition) is 3. The second-order valence-electron chi connectivity index (χ2n) is 9.22. The number of carbonyl (C=O) groups is 1. The smallest absolute Gasteiger partial charge is 0.263 e. The molecule has 0 aliphatic carbocycles. The van der Waals surface area contributed by atoms with Crippen LogP contribution >= 0.6 is 11.6 Å². The standard InChI is InChI=1S/C31H27ClN2O3/c1-2-6-21-9-5-10-25-27(21)30(36)28(31(37)34-25)29(35)26(17-19-11-14-23(32)15-12-19)33-24-16-13-20-7-3-4-8-22(20)18-24/h3-5,7-16,18,26,33H,2,6,17H2,1H3,(H2,34,36,37). The molecule has 0 bridgehead atoms. The summed E-state index contributed by atoms with van der Waals surface area (Å²) in [5.74, 6) is -0.746. The Morgan fingerprint density at radius 3 is 2.49 bits per heavy atom. The van der Waals surface area contributed by atoms with Gasteiger partial charge in [-0.2, -0.15) is 0 Å². The van der Waals surface area contributed by atoms with Gasteiger partial charge in [0.1, 0.15) is 11.3 Å². The average molecular weight is 511 g/mol. The van der Waals surface area contributed by atoms with E-state index in [1.54, 1.807) is 18.2 Å². The molecular formula is C31H27ClN2O3. The molecule has 6 heteroatoms. The average Bonchev–Trinajstić information content (AvgIpc) is 2.89. The van der Waals surface area contributed by atoms with E-state index in [4.69, 9.17) is 11.6 Å². The minimum Gasteiger partial charge on any atom is -0.506 e. The first-order valence-corrected chi connectivity index (χ1v) is 12.7. The number of pyridine rings is 1. The number of nitrogens with one attached hydrogen (secondary N) is 2. The van der Waals surface area contributed by atoms with E-state index in [1.807, 2.05) is 73.7 Å². The number of rotatable bonds is 8. The molecule has 0 amide bonds. The largest absolute Gasteiger partial charge is 0.506 e. The summed E-state index contributed by atoms with van der Waals surface area (Å²) in [6, 6.07) is 25.8. The normalized spacial score (nSPS) is 12.1. The molecule has 0 aliphatic heterocycles. The number of halogens is 1. The van der Waals surface area contributed by atoms with Crippen LogP contribution in [-0.2, 0) is 12.8 Å². The summed E-state index contributed by atoms with van der Waals surface area (Å²) < 4.78 is 0. The third-order valence-corrected chi connectivity index (χ3v) is 6.88. The zero-order valence-electron chi connectivity index (χ0n) is 20.4. The quantitative estimate of drug-likeness (QED) is 0.198. The van der Waals surface area contributed by atoms with Crippen molar-refractivity contribution in [3.8, 4) is 5.75 Å². The fourth-order valence-electron chi connectivity index (χ4n) is 4.83. The molecule has 3 N–H and O–H groups in total. The van der Waals surface area contributed by atoms with Gasteiger partial charge in [0, 0.05) is 22.5 Å².